The van der Waals surface area contributed by atoms with Crippen LogP contribution in [0, 0.1) is 13.8 Å². The standard InChI is InChI=1S/C18H20ClNO2/c1-13-4-3-5-17(14(13)2)22-12-18(21)20-11-10-15-6-8-16(19)9-7-15/h3-9H,10-12H2,1-2H3,(H,20,21). The van der Waals surface area contributed by atoms with Gasteiger partial charge in [0.15, 0.2) is 6.61 Å². The number of benzene rings is 2. The highest BCUT2D eigenvalue weighted by atomic mass is 35.5. The summed E-state index contributed by atoms with van der Waals surface area (Å²) in [6.07, 6.45) is 0.770. The second-order valence-corrected chi connectivity index (χ2v) is 5.65. The zero-order valence-electron chi connectivity index (χ0n) is 12.9. The van der Waals surface area contributed by atoms with Gasteiger partial charge in [-0.25, -0.2) is 0 Å². The molecule has 4 heteroatoms. The lowest BCUT2D eigenvalue weighted by atomic mass is 10.1. The minimum Gasteiger partial charge on any atom is -0.483 e. The Kier molecular flexibility index (Phi) is 5.84. The van der Waals surface area contributed by atoms with Gasteiger partial charge >= 0.3 is 0 Å². The molecule has 0 spiro atoms. The topological polar surface area (TPSA) is 38.3 Å². The van der Waals surface area contributed by atoms with E-state index in [4.69, 9.17) is 16.3 Å². The molecule has 116 valence electrons. The van der Waals surface area contributed by atoms with Gasteiger partial charge in [0, 0.05) is 11.6 Å². The molecule has 2 aromatic rings. The predicted molar refractivity (Wildman–Crippen MR) is 89.6 cm³/mol. The number of hydrogen-bond donors (Lipinski definition) is 1. The molecule has 0 aliphatic rings. The number of nitrogens with one attached hydrogen (secondary N) is 1. The minimum absolute atomic E-state index is 0.0326. The summed E-state index contributed by atoms with van der Waals surface area (Å²) in [4.78, 5) is 11.8. The van der Waals surface area contributed by atoms with Gasteiger partial charge in [-0.05, 0) is 55.2 Å². The predicted octanol–water partition coefficient (Wildman–Crippen LogP) is 3.69. The lowest BCUT2D eigenvalue weighted by Crippen LogP contribution is -2.30. The van der Waals surface area contributed by atoms with Crippen LogP contribution in [0.15, 0.2) is 42.5 Å². The Bertz CT molecular complexity index is 638. The van der Waals surface area contributed by atoms with Crippen LogP contribution in [0.4, 0.5) is 0 Å². The summed E-state index contributed by atoms with van der Waals surface area (Å²) in [6, 6.07) is 13.4. The molecular formula is C18H20ClNO2. The lowest BCUT2D eigenvalue weighted by Gasteiger charge is -2.11. The number of carbonyl (C=O) groups excluding carboxylic acids is 1. The van der Waals surface area contributed by atoms with Crippen molar-refractivity contribution in [1.29, 1.82) is 0 Å². The smallest absolute Gasteiger partial charge is 0.257 e. The number of halogens is 1. The van der Waals surface area contributed by atoms with Crippen LogP contribution in [0.5, 0.6) is 5.75 Å². The molecule has 0 atom stereocenters. The van der Waals surface area contributed by atoms with E-state index in [1.165, 1.54) is 0 Å². The van der Waals surface area contributed by atoms with Crippen molar-refractivity contribution in [1.82, 2.24) is 5.32 Å². The number of amides is 1. The molecular weight excluding hydrogens is 298 g/mol. The van der Waals surface area contributed by atoms with E-state index in [9.17, 15) is 4.79 Å². The summed E-state index contributed by atoms with van der Waals surface area (Å²) in [6.45, 7) is 4.62. The summed E-state index contributed by atoms with van der Waals surface area (Å²) in [5.74, 6) is 0.641. The SMILES string of the molecule is Cc1cccc(OCC(=O)NCCc2ccc(Cl)cc2)c1C. The molecule has 0 aliphatic heterocycles. The molecule has 2 rings (SSSR count). The van der Waals surface area contributed by atoms with Crippen molar-refractivity contribution >= 4 is 17.5 Å². The first-order valence-corrected chi connectivity index (χ1v) is 7.64. The molecule has 1 N–H and O–H groups in total. The molecule has 0 heterocycles. The van der Waals surface area contributed by atoms with Crippen molar-refractivity contribution in [3.05, 3.63) is 64.2 Å². The van der Waals surface area contributed by atoms with Crippen molar-refractivity contribution in [3.63, 3.8) is 0 Å². The van der Waals surface area contributed by atoms with Crippen LogP contribution in [-0.4, -0.2) is 19.1 Å². The normalized spacial score (nSPS) is 10.3. The van der Waals surface area contributed by atoms with Gasteiger partial charge in [-0.2, -0.15) is 0 Å². The highest BCUT2D eigenvalue weighted by Gasteiger charge is 2.05. The molecule has 0 fully saturated rings. The molecule has 0 radical (unpaired) electrons. The van der Waals surface area contributed by atoms with E-state index in [2.05, 4.69) is 5.32 Å². The summed E-state index contributed by atoms with van der Waals surface area (Å²) in [7, 11) is 0. The van der Waals surface area contributed by atoms with Gasteiger partial charge in [-0.3, -0.25) is 4.79 Å². The zero-order valence-corrected chi connectivity index (χ0v) is 13.6. The first kappa shape index (κ1) is 16.4. The number of aryl methyl sites for hydroxylation is 1. The Morgan fingerprint density at radius 3 is 2.59 bits per heavy atom. The van der Waals surface area contributed by atoms with Crippen LogP contribution in [0.2, 0.25) is 5.02 Å². The molecule has 0 unspecified atom stereocenters. The maximum Gasteiger partial charge on any atom is 0.257 e. The molecule has 0 bridgehead atoms. The van der Waals surface area contributed by atoms with Gasteiger partial charge in [0.25, 0.3) is 5.91 Å². The maximum absolute atomic E-state index is 11.8. The van der Waals surface area contributed by atoms with Gasteiger partial charge in [0.05, 0.1) is 0 Å². The molecule has 2 aromatic carbocycles. The quantitative estimate of drug-likeness (QED) is 0.882. The van der Waals surface area contributed by atoms with Crippen LogP contribution in [0.3, 0.4) is 0 Å². The van der Waals surface area contributed by atoms with Crippen molar-refractivity contribution in [2.45, 2.75) is 20.3 Å². The van der Waals surface area contributed by atoms with E-state index in [1.807, 2.05) is 56.3 Å². The highest BCUT2D eigenvalue weighted by molar-refractivity contribution is 6.30. The Hall–Kier alpha value is -2.00. The summed E-state index contributed by atoms with van der Waals surface area (Å²) < 4.78 is 5.57. The van der Waals surface area contributed by atoms with Crippen LogP contribution < -0.4 is 10.1 Å². The lowest BCUT2D eigenvalue weighted by molar-refractivity contribution is -0.123. The third-order valence-corrected chi connectivity index (χ3v) is 3.81. The third-order valence-electron chi connectivity index (χ3n) is 3.56. The van der Waals surface area contributed by atoms with Gasteiger partial charge in [-0.15, -0.1) is 0 Å². The minimum atomic E-state index is -0.116. The van der Waals surface area contributed by atoms with Gasteiger partial charge in [0.2, 0.25) is 0 Å². The first-order chi connectivity index (χ1) is 10.6. The molecule has 1 amide bonds. The largest absolute Gasteiger partial charge is 0.483 e. The second kappa shape index (κ2) is 7.85. The van der Waals surface area contributed by atoms with E-state index in [0.717, 1.165) is 33.9 Å². The molecule has 0 aromatic heterocycles. The molecule has 0 aliphatic carbocycles. The van der Waals surface area contributed by atoms with Crippen LogP contribution in [-0.2, 0) is 11.2 Å². The highest BCUT2D eigenvalue weighted by Crippen LogP contribution is 2.20. The van der Waals surface area contributed by atoms with E-state index in [-0.39, 0.29) is 12.5 Å². The van der Waals surface area contributed by atoms with E-state index in [0.29, 0.717) is 6.54 Å². The average molecular weight is 318 g/mol. The fourth-order valence-corrected chi connectivity index (χ4v) is 2.20. The number of rotatable bonds is 6. The summed E-state index contributed by atoms with van der Waals surface area (Å²) in [5, 5.41) is 3.57. The van der Waals surface area contributed by atoms with Gasteiger partial charge in [-0.1, -0.05) is 35.9 Å². The second-order valence-electron chi connectivity index (χ2n) is 5.21. The number of carbonyl (C=O) groups is 1. The van der Waals surface area contributed by atoms with E-state index in [1.54, 1.807) is 0 Å². The van der Waals surface area contributed by atoms with Crippen molar-refractivity contribution in [3.8, 4) is 5.75 Å². The zero-order chi connectivity index (χ0) is 15.9. The fourth-order valence-electron chi connectivity index (χ4n) is 2.07. The van der Waals surface area contributed by atoms with Crippen LogP contribution >= 0.6 is 11.6 Å². The third kappa shape index (κ3) is 4.78. The Morgan fingerprint density at radius 2 is 1.86 bits per heavy atom. The Labute approximate surface area is 136 Å². The number of ether oxygens (including phenoxy) is 1. The monoisotopic (exact) mass is 317 g/mol. The van der Waals surface area contributed by atoms with Crippen molar-refractivity contribution in [2.24, 2.45) is 0 Å². The molecule has 0 saturated carbocycles. The van der Waals surface area contributed by atoms with Crippen molar-refractivity contribution < 1.29 is 9.53 Å². The summed E-state index contributed by atoms with van der Waals surface area (Å²) in [5.41, 5.74) is 3.36. The summed E-state index contributed by atoms with van der Waals surface area (Å²) >= 11 is 5.83. The van der Waals surface area contributed by atoms with Crippen molar-refractivity contribution in [2.75, 3.05) is 13.2 Å². The van der Waals surface area contributed by atoms with E-state index >= 15 is 0 Å². The Morgan fingerprint density at radius 1 is 1.14 bits per heavy atom. The van der Waals surface area contributed by atoms with Crippen LogP contribution in [0.25, 0.3) is 0 Å². The molecule has 3 nitrogen and oxygen atoms in total. The maximum atomic E-state index is 11.8. The van der Waals surface area contributed by atoms with E-state index < -0.39 is 0 Å². The average Bonchev–Trinajstić information content (AvgIpc) is 2.51. The molecule has 0 saturated heterocycles. The first-order valence-electron chi connectivity index (χ1n) is 7.26. The van der Waals surface area contributed by atoms with Gasteiger partial charge in [0.1, 0.15) is 5.75 Å². The molecule has 22 heavy (non-hydrogen) atoms. The Balaban J connectivity index is 1.74. The fraction of sp³-hybridized carbons (Fsp3) is 0.278. The number of hydrogen-bond acceptors (Lipinski definition) is 2. The van der Waals surface area contributed by atoms with Crippen LogP contribution in [0.1, 0.15) is 16.7 Å². The van der Waals surface area contributed by atoms with Gasteiger partial charge < -0.3 is 10.1 Å².